The molecule has 0 saturated carbocycles. The van der Waals surface area contributed by atoms with E-state index < -0.39 is 5.97 Å². The Hall–Kier alpha value is -0.610. The SMILES string of the molecule is CCCCCCCCCCCCCC(CCCCCCCCCCCCC(=O)O)OCC1CO1. The lowest BCUT2D eigenvalue weighted by Crippen LogP contribution is -2.16. The summed E-state index contributed by atoms with van der Waals surface area (Å²) >= 11 is 0. The zero-order valence-electron chi connectivity index (χ0n) is 22.7. The van der Waals surface area contributed by atoms with Crippen molar-refractivity contribution >= 4 is 5.97 Å². The van der Waals surface area contributed by atoms with Crippen LogP contribution in [-0.4, -0.2) is 36.5 Å². The number of hydrogen-bond donors (Lipinski definition) is 1. The second-order valence-corrected chi connectivity index (χ2v) is 10.7. The van der Waals surface area contributed by atoms with Crippen LogP contribution in [0.4, 0.5) is 0 Å². The van der Waals surface area contributed by atoms with Crippen molar-refractivity contribution in [2.75, 3.05) is 13.2 Å². The molecule has 0 aromatic heterocycles. The first-order chi connectivity index (χ1) is 16.7. The summed E-state index contributed by atoms with van der Waals surface area (Å²) in [7, 11) is 0. The quantitative estimate of drug-likeness (QED) is 0.0891. The lowest BCUT2D eigenvalue weighted by atomic mass is 10.0. The largest absolute Gasteiger partial charge is 0.481 e. The van der Waals surface area contributed by atoms with Crippen LogP contribution in [0.25, 0.3) is 0 Å². The first-order valence-corrected chi connectivity index (χ1v) is 15.2. The summed E-state index contributed by atoms with van der Waals surface area (Å²) < 4.78 is 11.5. The fourth-order valence-electron chi connectivity index (χ4n) is 4.82. The van der Waals surface area contributed by atoms with Gasteiger partial charge in [-0.25, -0.2) is 0 Å². The maximum atomic E-state index is 10.5. The summed E-state index contributed by atoms with van der Waals surface area (Å²) in [5.74, 6) is -0.660. The predicted molar refractivity (Wildman–Crippen MR) is 144 cm³/mol. The van der Waals surface area contributed by atoms with E-state index in [2.05, 4.69) is 6.92 Å². The minimum absolute atomic E-state index is 0.331. The number of unbranched alkanes of at least 4 members (excludes halogenated alkanes) is 19. The molecule has 1 aliphatic rings. The van der Waals surface area contributed by atoms with Crippen molar-refractivity contribution in [1.82, 2.24) is 0 Å². The molecule has 34 heavy (non-hydrogen) atoms. The minimum atomic E-state index is -0.660. The number of carbonyl (C=O) groups is 1. The van der Waals surface area contributed by atoms with Gasteiger partial charge in [0.15, 0.2) is 0 Å². The molecular formula is C30H58O4. The second-order valence-electron chi connectivity index (χ2n) is 10.7. The molecule has 4 heteroatoms. The molecule has 0 aromatic carbocycles. The fraction of sp³-hybridized carbons (Fsp3) is 0.967. The van der Waals surface area contributed by atoms with Gasteiger partial charge in [-0.15, -0.1) is 0 Å². The van der Waals surface area contributed by atoms with Gasteiger partial charge in [0.1, 0.15) is 6.10 Å². The summed E-state index contributed by atoms with van der Waals surface area (Å²) in [6, 6.07) is 0. The van der Waals surface area contributed by atoms with E-state index in [1.807, 2.05) is 0 Å². The molecule has 1 saturated heterocycles. The Morgan fingerprint density at radius 1 is 0.706 bits per heavy atom. The summed E-state index contributed by atoms with van der Waals surface area (Å²) in [4.78, 5) is 10.5. The molecule has 202 valence electrons. The van der Waals surface area contributed by atoms with Gasteiger partial charge in [-0.2, -0.15) is 0 Å². The average molecular weight is 483 g/mol. The third kappa shape index (κ3) is 23.1. The van der Waals surface area contributed by atoms with Crippen molar-refractivity contribution in [3.8, 4) is 0 Å². The van der Waals surface area contributed by atoms with Crippen LogP contribution in [0.2, 0.25) is 0 Å². The fourth-order valence-corrected chi connectivity index (χ4v) is 4.82. The normalized spacial score (nSPS) is 16.1. The molecule has 2 unspecified atom stereocenters. The van der Waals surface area contributed by atoms with Gasteiger partial charge in [-0.1, -0.05) is 135 Å². The Balaban J connectivity index is 1.92. The Morgan fingerprint density at radius 3 is 1.47 bits per heavy atom. The molecule has 0 aliphatic carbocycles. The Morgan fingerprint density at radius 2 is 1.09 bits per heavy atom. The van der Waals surface area contributed by atoms with Gasteiger partial charge in [-0.05, 0) is 19.3 Å². The van der Waals surface area contributed by atoms with Crippen molar-refractivity contribution in [3.63, 3.8) is 0 Å². The molecule has 1 rings (SSSR count). The number of rotatable bonds is 28. The van der Waals surface area contributed by atoms with E-state index in [4.69, 9.17) is 14.6 Å². The maximum absolute atomic E-state index is 10.5. The van der Waals surface area contributed by atoms with E-state index in [0.29, 0.717) is 18.6 Å². The van der Waals surface area contributed by atoms with E-state index in [1.165, 1.54) is 135 Å². The predicted octanol–water partition coefficient (Wildman–Crippen LogP) is 9.24. The van der Waals surface area contributed by atoms with Crippen molar-refractivity contribution in [2.24, 2.45) is 0 Å². The van der Waals surface area contributed by atoms with Crippen molar-refractivity contribution in [2.45, 2.75) is 173 Å². The average Bonchev–Trinajstić information content (AvgIpc) is 3.65. The first-order valence-electron chi connectivity index (χ1n) is 15.2. The third-order valence-electron chi connectivity index (χ3n) is 7.22. The second kappa shape index (κ2) is 24.1. The maximum Gasteiger partial charge on any atom is 0.303 e. The van der Waals surface area contributed by atoms with Crippen LogP contribution in [-0.2, 0) is 14.3 Å². The molecular weight excluding hydrogens is 424 g/mol. The molecule has 1 N–H and O–H groups in total. The molecule has 0 spiro atoms. The van der Waals surface area contributed by atoms with Crippen LogP contribution >= 0.6 is 0 Å². The van der Waals surface area contributed by atoms with Crippen LogP contribution in [0, 0.1) is 0 Å². The van der Waals surface area contributed by atoms with Crippen LogP contribution in [0.15, 0.2) is 0 Å². The zero-order valence-corrected chi connectivity index (χ0v) is 22.7. The number of carboxylic acid groups (broad SMARTS) is 1. The Labute approximate surface area is 211 Å². The van der Waals surface area contributed by atoms with Crippen molar-refractivity contribution < 1.29 is 19.4 Å². The number of aliphatic carboxylic acids is 1. The third-order valence-corrected chi connectivity index (χ3v) is 7.22. The van der Waals surface area contributed by atoms with Gasteiger partial charge in [0.05, 0.1) is 19.3 Å². The number of epoxide rings is 1. The number of carboxylic acids is 1. The summed E-state index contributed by atoms with van der Waals surface area (Å²) in [5.41, 5.74) is 0. The van der Waals surface area contributed by atoms with Crippen LogP contribution in [0.1, 0.15) is 161 Å². The topological polar surface area (TPSA) is 59.1 Å². The van der Waals surface area contributed by atoms with Gasteiger partial charge in [0.2, 0.25) is 0 Å². The highest BCUT2D eigenvalue weighted by atomic mass is 16.6. The van der Waals surface area contributed by atoms with E-state index in [-0.39, 0.29) is 0 Å². The van der Waals surface area contributed by atoms with E-state index in [9.17, 15) is 4.79 Å². The molecule has 1 fully saturated rings. The number of ether oxygens (including phenoxy) is 2. The molecule has 0 aromatic rings. The van der Waals surface area contributed by atoms with Gasteiger partial charge in [0.25, 0.3) is 0 Å². The standard InChI is InChI=1S/C30H58O4/c1-2-3-4-5-6-7-8-11-14-17-20-23-28(33-26-29-27-34-29)24-21-18-15-12-9-10-13-16-19-22-25-30(31)32/h28-29H,2-27H2,1H3,(H,31,32). The number of hydrogen-bond acceptors (Lipinski definition) is 3. The van der Waals surface area contributed by atoms with E-state index >= 15 is 0 Å². The van der Waals surface area contributed by atoms with Crippen molar-refractivity contribution in [3.05, 3.63) is 0 Å². The minimum Gasteiger partial charge on any atom is -0.481 e. The highest BCUT2D eigenvalue weighted by molar-refractivity contribution is 5.66. The lowest BCUT2D eigenvalue weighted by molar-refractivity contribution is -0.137. The molecule has 4 nitrogen and oxygen atoms in total. The lowest BCUT2D eigenvalue weighted by Gasteiger charge is -2.17. The monoisotopic (exact) mass is 482 g/mol. The van der Waals surface area contributed by atoms with Gasteiger partial charge in [-0.3, -0.25) is 4.79 Å². The van der Waals surface area contributed by atoms with Crippen molar-refractivity contribution in [1.29, 1.82) is 0 Å². The summed E-state index contributed by atoms with van der Waals surface area (Å²) in [6.07, 6.45) is 31.3. The molecule has 1 heterocycles. The zero-order chi connectivity index (χ0) is 24.5. The molecule has 2 atom stereocenters. The Kier molecular flexibility index (Phi) is 22.3. The van der Waals surface area contributed by atoms with E-state index in [0.717, 1.165) is 26.1 Å². The molecule has 1 aliphatic heterocycles. The summed E-state index contributed by atoms with van der Waals surface area (Å²) in [5, 5.41) is 8.65. The van der Waals surface area contributed by atoms with E-state index in [1.54, 1.807) is 0 Å². The first kappa shape index (κ1) is 31.4. The Bertz CT molecular complexity index is 436. The highest BCUT2D eigenvalue weighted by Gasteiger charge is 2.24. The smallest absolute Gasteiger partial charge is 0.303 e. The molecule has 0 radical (unpaired) electrons. The van der Waals surface area contributed by atoms with Gasteiger partial charge >= 0.3 is 5.97 Å². The molecule has 0 bridgehead atoms. The van der Waals surface area contributed by atoms with Crippen LogP contribution in [0.3, 0.4) is 0 Å². The molecule has 0 amide bonds. The van der Waals surface area contributed by atoms with Gasteiger partial charge < -0.3 is 14.6 Å². The highest BCUT2D eigenvalue weighted by Crippen LogP contribution is 2.20. The van der Waals surface area contributed by atoms with Gasteiger partial charge in [0, 0.05) is 6.42 Å². The summed E-state index contributed by atoms with van der Waals surface area (Å²) in [6.45, 7) is 3.98. The van der Waals surface area contributed by atoms with Crippen LogP contribution < -0.4 is 0 Å². The van der Waals surface area contributed by atoms with Crippen LogP contribution in [0.5, 0.6) is 0 Å².